The fourth-order valence-corrected chi connectivity index (χ4v) is 1.62. The molecule has 5 nitrogen and oxygen atoms in total. The maximum absolute atomic E-state index is 10.9. The van der Waals surface area contributed by atoms with Crippen molar-refractivity contribution in [3.63, 3.8) is 0 Å². The molecule has 0 bridgehead atoms. The Morgan fingerprint density at radius 3 is 2.47 bits per heavy atom. The van der Waals surface area contributed by atoms with Crippen LogP contribution in [-0.2, 0) is 6.42 Å². The Kier molecular flexibility index (Phi) is 4.78. The topological polar surface area (TPSA) is 76.0 Å². The van der Waals surface area contributed by atoms with Crippen LogP contribution in [0.1, 0.15) is 22.3 Å². The standard InChI is InChI=1S/C12H16O5/c1-16-10-7-9(12(14)15)6-8(4-3-5-13)11(10)17-2/h6-7,13H,3-5H2,1-2H3,(H,14,15). The van der Waals surface area contributed by atoms with E-state index in [1.807, 2.05) is 0 Å². The van der Waals surface area contributed by atoms with E-state index in [1.165, 1.54) is 20.3 Å². The first-order valence-corrected chi connectivity index (χ1v) is 5.23. The number of hydrogen-bond acceptors (Lipinski definition) is 4. The second-order valence-electron chi connectivity index (χ2n) is 3.50. The molecular formula is C12H16O5. The summed E-state index contributed by atoms with van der Waals surface area (Å²) in [6, 6.07) is 2.96. The van der Waals surface area contributed by atoms with Crippen LogP contribution in [0.4, 0.5) is 0 Å². The van der Waals surface area contributed by atoms with Crippen molar-refractivity contribution >= 4 is 5.97 Å². The summed E-state index contributed by atoms with van der Waals surface area (Å²) in [5.41, 5.74) is 0.869. The molecule has 0 atom stereocenters. The SMILES string of the molecule is COc1cc(C(=O)O)cc(CCCO)c1OC. The predicted octanol–water partition coefficient (Wildman–Crippen LogP) is 1.33. The third-order valence-corrected chi connectivity index (χ3v) is 2.41. The van der Waals surface area contributed by atoms with E-state index in [4.69, 9.17) is 19.7 Å². The second-order valence-corrected chi connectivity index (χ2v) is 3.50. The molecule has 5 heteroatoms. The highest BCUT2D eigenvalue weighted by molar-refractivity contribution is 5.89. The van der Waals surface area contributed by atoms with Gasteiger partial charge in [0.25, 0.3) is 0 Å². The first kappa shape index (κ1) is 13.3. The van der Waals surface area contributed by atoms with Gasteiger partial charge in [-0.2, -0.15) is 0 Å². The largest absolute Gasteiger partial charge is 0.493 e. The number of benzene rings is 1. The van der Waals surface area contributed by atoms with Gasteiger partial charge in [0, 0.05) is 6.61 Å². The van der Waals surface area contributed by atoms with Crippen LogP contribution >= 0.6 is 0 Å². The van der Waals surface area contributed by atoms with Gasteiger partial charge in [0.05, 0.1) is 19.8 Å². The molecule has 0 spiro atoms. The first-order valence-electron chi connectivity index (χ1n) is 5.23. The fourth-order valence-electron chi connectivity index (χ4n) is 1.62. The lowest BCUT2D eigenvalue weighted by atomic mass is 10.0. The van der Waals surface area contributed by atoms with Crippen molar-refractivity contribution in [1.29, 1.82) is 0 Å². The van der Waals surface area contributed by atoms with Gasteiger partial charge in [-0.15, -0.1) is 0 Å². The van der Waals surface area contributed by atoms with Gasteiger partial charge in [0.15, 0.2) is 11.5 Å². The first-order chi connectivity index (χ1) is 8.13. The van der Waals surface area contributed by atoms with Gasteiger partial charge >= 0.3 is 5.97 Å². The molecule has 0 aliphatic heterocycles. The van der Waals surface area contributed by atoms with E-state index in [9.17, 15) is 4.79 Å². The summed E-state index contributed by atoms with van der Waals surface area (Å²) in [7, 11) is 2.96. The van der Waals surface area contributed by atoms with E-state index in [1.54, 1.807) is 6.07 Å². The number of rotatable bonds is 6. The van der Waals surface area contributed by atoms with E-state index in [-0.39, 0.29) is 12.2 Å². The molecule has 0 saturated carbocycles. The molecule has 0 saturated heterocycles. The number of aliphatic hydroxyl groups excluding tert-OH is 1. The summed E-state index contributed by atoms with van der Waals surface area (Å²) in [6.45, 7) is 0.0444. The summed E-state index contributed by atoms with van der Waals surface area (Å²) in [5, 5.41) is 17.8. The van der Waals surface area contributed by atoms with Crippen LogP contribution in [0.25, 0.3) is 0 Å². The van der Waals surface area contributed by atoms with E-state index in [2.05, 4.69) is 0 Å². The zero-order valence-corrected chi connectivity index (χ0v) is 9.90. The van der Waals surface area contributed by atoms with Gasteiger partial charge in [-0.3, -0.25) is 0 Å². The molecule has 0 unspecified atom stereocenters. The zero-order valence-electron chi connectivity index (χ0n) is 9.90. The highest BCUT2D eigenvalue weighted by atomic mass is 16.5. The van der Waals surface area contributed by atoms with Gasteiger partial charge in [0.1, 0.15) is 0 Å². The smallest absolute Gasteiger partial charge is 0.335 e. The molecule has 0 fully saturated rings. The zero-order chi connectivity index (χ0) is 12.8. The van der Waals surface area contributed by atoms with Gasteiger partial charge in [-0.25, -0.2) is 4.79 Å². The van der Waals surface area contributed by atoms with Crippen molar-refractivity contribution in [3.8, 4) is 11.5 Å². The molecule has 1 aromatic rings. The van der Waals surface area contributed by atoms with Crippen molar-refractivity contribution in [2.75, 3.05) is 20.8 Å². The molecule has 1 rings (SSSR count). The maximum atomic E-state index is 10.9. The highest BCUT2D eigenvalue weighted by Gasteiger charge is 2.15. The van der Waals surface area contributed by atoms with E-state index >= 15 is 0 Å². The van der Waals surface area contributed by atoms with Gasteiger partial charge in [-0.05, 0) is 30.5 Å². The number of hydrogen-bond donors (Lipinski definition) is 2. The summed E-state index contributed by atoms with van der Waals surface area (Å²) >= 11 is 0. The Morgan fingerprint density at radius 2 is 2.00 bits per heavy atom. The molecule has 17 heavy (non-hydrogen) atoms. The van der Waals surface area contributed by atoms with E-state index in [0.29, 0.717) is 24.3 Å². The van der Waals surface area contributed by atoms with Crippen LogP contribution in [-0.4, -0.2) is 37.0 Å². The summed E-state index contributed by atoms with van der Waals surface area (Å²) < 4.78 is 10.3. The average Bonchev–Trinajstić information content (AvgIpc) is 2.34. The predicted molar refractivity (Wildman–Crippen MR) is 61.9 cm³/mol. The summed E-state index contributed by atoms with van der Waals surface area (Å²) in [6.07, 6.45) is 1.08. The average molecular weight is 240 g/mol. The number of carbonyl (C=O) groups is 1. The van der Waals surface area contributed by atoms with Crippen LogP contribution in [0.2, 0.25) is 0 Å². The molecule has 0 amide bonds. The van der Waals surface area contributed by atoms with Crippen molar-refractivity contribution in [3.05, 3.63) is 23.3 Å². The third kappa shape index (κ3) is 3.10. The minimum absolute atomic E-state index is 0.0444. The number of ether oxygens (including phenoxy) is 2. The second kappa shape index (κ2) is 6.10. The van der Waals surface area contributed by atoms with Crippen LogP contribution < -0.4 is 9.47 Å². The summed E-state index contributed by atoms with van der Waals surface area (Å²) in [4.78, 5) is 10.9. The Bertz CT molecular complexity index is 400. The Morgan fingerprint density at radius 1 is 1.29 bits per heavy atom. The highest BCUT2D eigenvalue weighted by Crippen LogP contribution is 2.33. The van der Waals surface area contributed by atoms with Gasteiger partial charge in [0.2, 0.25) is 0 Å². The van der Waals surface area contributed by atoms with Crippen molar-refractivity contribution in [2.45, 2.75) is 12.8 Å². The molecule has 0 aliphatic rings. The minimum atomic E-state index is -1.02. The van der Waals surface area contributed by atoms with Crippen LogP contribution in [0.3, 0.4) is 0 Å². The van der Waals surface area contributed by atoms with Crippen LogP contribution in [0.15, 0.2) is 12.1 Å². The van der Waals surface area contributed by atoms with Crippen LogP contribution in [0, 0.1) is 0 Å². The number of carboxylic acids is 1. The fraction of sp³-hybridized carbons (Fsp3) is 0.417. The maximum Gasteiger partial charge on any atom is 0.335 e. The Balaban J connectivity index is 3.21. The minimum Gasteiger partial charge on any atom is -0.493 e. The quantitative estimate of drug-likeness (QED) is 0.784. The monoisotopic (exact) mass is 240 g/mol. The normalized spacial score (nSPS) is 10.1. The number of aryl methyl sites for hydroxylation is 1. The van der Waals surface area contributed by atoms with Crippen LogP contribution in [0.5, 0.6) is 11.5 Å². The molecule has 94 valence electrons. The lowest BCUT2D eigenvalue weighted by molar-refractivity contribution is 0.0696. The van der Waals surface area contributed by atoms with Crippen molar-refractivity contribution in [1.82, 2.24) is 0 Å². The third-order valence-electron chi connectivity index (χ3n) is 2.41. The molecule has 2 N–H and O–H groups in total. The van der Waals surface area contributed by atoms with E-state index in [0.717, 1.165) is 5.56 Å². The summed E-state index contributed by atoms with van der Waals surface area (Å²) in [5.74, 6) is -0.109. The lowest BCUT2D eigenvalue weighted by Crippen LogP contribution is -2.03. The number of methoxy groups -OCH3 is 2. The van der Waals surface area contributed by atoms with Crippen molar-refractivity contribution < 1.29 is 24.5 Å². The lowest BCUT2D eigenvalue weighted by Gasteiger charge is -2.13. The van der Waals surface area contributed by atoms with Crippen molar-refractivity contribution in [2.24, 2.45) is 0 Å². The Labute approximate surface area is 99.6 Å². The molecule has 1 aromatic carbocycles. The van der Waals surface area contributed by atoms with Gasteiger partial charge in [-0.1, -0.05) is 0 Å². The molecule has 0 aromatic heterocycles. The van der Waals surface area contributed by atoms with Gasteiger partial charge < -0.3 is 19.7 Å². The number of aliphatic hydroxyl groups is 1. The Hall–Kier alpha value is -1.75. The van der Waals surface area contributed by atoms with E-state index < -0.39 is 5.97 Å². The molecule has 0 heterocycles. The molecule has 0 radical (unpaired) electrons. The number of carboxylic acid groups (broad SMARTS) is 1. The number of aromatic carboxylic acids is 1. The molecular weight excluding hydrogens is 224 g/mol. The molecule has 0 aliphatic carbocycles.